The lowest BCUT2D eigenvalue weighted by atomic mass is 9.82. The summed E-state index contributed by atoms with van der Waals surface area (Å²) in [6.45, 7) is 13.8. The van der Waals surface area contributed by atoms with E-state index in [4.69, 9.17) is 0 Å². The van der Waals surface area contributed by atoms with E-state index in [0.29, 0.717) is 17.8 Å². The van der Waals surface area contributed by atoms with Crippen LogP contribution in [0.5, 0.6) is 0 Å². The predicted octanol–water partition coefficient (Wildman–Crippen LogP) is 3.60. The summed E-state index contributed by atoms with van der Waals surface area (Å²) in [5, 5.41) is 13.2. The first-order valence-electron chi connectivity index (χ1n) is 17.8. The third-order valence-corrected chi connectivity index (χ3v) is 12.0. The van der Waals surface area contributed by atoms with Crippen LogP contribution in [0.3, 0.4) is 0 Å². The second kappa shape index (κ2) is 14.7. The number of ketones is 1. The lowest BCUT2D eigenvalue weighted by Gasteiger charge is -2.39. The standard InChI is InChI=1S/C37H53N5O6S/c1-7-17-38-34(47)29(43)24(19-21-15-16-21)39-33(46)28-26-23(37(26,5)6)20-42(28)35(48)30(36(2,3)4)41-32(45)27(22-12-9-8-10-13-22)40-31(44)25-14-11-18-49-25/h7,11,14,18,21-24,26-28,30H,1,8-10,12-13,15-17,19-20H2,2-6H3,(H,38,47)(H,39,46)(H,40,44)(H,41,45). The second-order valence-corrected chi connectivity index (χ2v) is 17.1. The topological polar surface area (TPSA) is 154 Å². The minimum atomic E-state index is -0.996. The number of Topliss-reactive ketones (excluding diaryl/α,β-unsaturated/α-hetero) is 1. The predicted molar refractivity (Wildman–Crippen MR) is 187 cm³/mol. The molecule has 12 heteroatoms. The maximum atomic E-state index is 14.6. The normalized spacial score (nSPS) is 24.8. The van der Waals surface area contributed by atoms with Crippen LogP contribution < -0.4 is 21.3 Å². The zero-order valence-electron chi connectivity index (χ0n) is 29.5. The SMILES string of the molecule is C=CCNC(=O)C(=O)C(CC1CC1)NC(=O)C1C2C(CN1C(=O)C(NC(=O)C(NC(=O)c1cccs1)C1CCCCC1)C(C)(C)C)C2(C)C. The Balaban J connectivity index is 1.36. The van der Waals surface area contributed by atoms with Crippen LogP contribution in [0.2, 0.25) is 0 Å². The monoisotopic (exact) mass is 695 g/mol. The fourth-order valence-corrected chi connectivity index (χ4v) is 8.56. The fourth-order valence-electron chi connectivity index (χ4n) is 7.93. The average molecular weight is 696 g/mol. The van der Waals surface area contributed by atoms with Gasteiger partial charge in [-0.2, -0.15) is 0 Å². The van der Waals surface area contributed by atoms with Crippen LogP contribution in [0.1, 0.15) is 95.7 Å². The van der Waals surface area contributed by atoms with E-state index in [-0.39, 0.29) is 47.4 Å². The number of hydrogen-bond donors (Lipinski definition) is 4. The number of fused-ring (bicyclic) bond motifs is 1. The van der Waals surface area contributed by atoms with E-state index in [1.165, 1.54) is 17.4 Å². The summed E-state index contributed by atoms with van der Waals surface area (Å²) < 4.78 is 0. The molecule has 2 heterocycles. The Morgan fingerprint density at radius 2 is 1.71 bits per heavy atom. The molecule has 0 bridgehead atoms. The Morgan fingerprint density at radius 1 is 1.02 bits per heavy atom. The van der Waals surface area contributed by atoms with Crippen molar-refractivity contribution in [2.75, 3.05) is 13.1 Å². The molecular formula is C37H53N5O6S. The van der Waals surface area contributed by atoms with Crippen LogP contribution in [0.25, 0.3) is 0 Å². The lowest BCUT2D eigenvalue weighted by Crippen LogP contribution is -2.62. The zero-order chi connectivity index (χ0) is 35.7. The zero-order valence-corrected chi connectivity index (χ0v) is 30.3. The van der Waals surface area contributed by atoms with Crippen molar-refractivity contribution in [3.8, 4) is 0 Å². The number of rotatable bonds is 14. The molecule has 6 unspecified atom stereocenters. The Kier molecular flexibility index (Phi) is 11.1. The largest absolute Gasteiger partial charge is 0.346 e. The summed E-state index contributed by atoms with van der Waals surface area (Å²) in [5.74, 6) is -2.87. The highest BCUT2D eigenvalue weighted by Crippen LogP contribution is 2.65. The number of nitrogens with zero attached hydrogens (tertiary/aromatic N) is 1. The molecule has 1 saturated heterocycles. The first-order chi connectivity index (χ1) is 23.1. The summed E-state index contributed by atoms with van der Waals surface area (Å²) in [4.78, 5) is 83.9. The number of nitrogens with one attached hydrogen (secondary N) is 4. The third kappa shape index (κ3) is 8.27. The molecule has 0 aromatic carbocycles. The Labute approximate surface area is 293 Å². The molecule has 5 amide bonds. The van der Waals surface area contributed by atoms with Crippen molar-refractivity contribution < 1.29 is 28.8 Å². The average Bonchev–Trinajstić information content (AvgIpc) is 3.75. The maximum absolute atomic E-state index is 14.6. The molecule has 0 radical (unpaired) electrons. The molecule has 4 fully saturated rings. The smallest absolute Gasteiger partial charge is 0.289 e. The number of piperidine rings is 1. The van der Waals surface area contributed by atoms with Crippen molar-refractivity contribution in [3.63, 3.8) is 0 Å². The van der Waals surface area contributed by atoms with Gasteiger partial charge in [-0.05, 0) is 65.2 Å². The molecule has 11 nitrogen and oxygen atoms in total. The number of carbonyl (C=O) groups excluding carboxylic acids is 6. The van der Waals surface area contributed by atoms with E-state index in [2.05, 4.69) is 41.7 Å². The molecule has 268 valence electrons. The molecular weight excluding hydrogens is 643 g/mol. The second-order valence-electron chi connectivity index (χ2n) is 16.1. The molecule has 4 N–H and O–H groups in total. The highest BCUT2D eigenvalue weighted by molar-refractivity contribution is 7.12. The number of hydrogen-bond acceptors (Lipinski definition) is 7. The number of carbonyl (C=O) groups is 6. The first-order valence-corrected chi connectivity index (χ1v) is 18.7. The summed E-state index contributed by atoms with van der Waals surface area (Å²) in [7, 11) is 0. The van der Waals surface area contributed by atoms with Gasteiger partial charge in [0.15, 0.2) is 0 Å². The summed E-state index contributed by atoms with van der Waals surface area (Å²) in [6.07, 6.45) is 8.33. The molecule has 6 atom stereocenters. The lowest BCUT2D eigenvalue weighted by molar-refractivity contribution is -0.147. The summed E-state index contributed by atoms with van der Waals surface area (Å²) >= 11 is 1.31. The molecule has 1 aromatic rings. The highest BCUT2D eigenvalue weighted by atomic mass is 32.1. The van der Waals surface area contributed by atoms with Gasteiger partial charge in [0.2, 0.25) is 23.5 Å². The van der Waals surface area contributed by atoms with Crippen LogP contribution >= 0.6 is 11.3 Å². The van der Waals surface area contributed by atoms with Crippen molar-refractivity contribution in [1.29, 1.82) is 0 Å². The molecule has 1 aliphatic heterocycles. The summed E-state index contributed by atoms with van der Waals surface area (Å²) in [6, 6.07) is -0.122. The van der Waals surface area contributed by atoms with Gasteiger partial charge in [-0.3, -0.25) is 28.8 Å². The molecule has 0 spiro atoms. The van der Waals surface area contributed by atoms with E-state index in [0.717, 1.165) is 44.9 Å². The van der Waals surface area contributed by atoms with Crippen molar-refractivity contribution in [3.05, 3.63) is 35.0 Å². The van der Waals surface area contributed by atoms with Crippen molar-refractivity contribution in [2.24, 2.45) is 34.5 Å². The van der Waals surface area contributed by atoms with Gasteiger partial charge in [0.05, 0.1) is 10.9 Å². The van der Waals surface area contributed by atoms with E-state index >= 15 is 0 Å². The summed E-state index contributed by atoms with van der Waals surface area (Å²) in [5.41, 5.74) is -0.909. The van der Waals surface area contributed by atoms with Gasteiger partial charge in [-0.15, -0.1) is 17.9 Å². The Morgan fingerprint density at radius 3 is 2.31 bits per heavy atom. The first kappa shape index (κ1) is 36.7. The van der Waals surface area contributed by atoms with Gasteiger partial charge in [0.25, 0.3) is 11.8 Å². The van der Waals surface area contributed by atoms with Crippen molar-refractivity contribution in [2.45, 2.75) is 110 Å². The minimum absolute atomic E-state index is 0.0586. The molecule has 3 aliphatic carbocycles. The van der Waals surface area contributed by atoms with E-state index in [1.54, 1.807) is 17.0 Å². The number of amides is 5. The van der Waals surface area contributed by atoms with Crippen molar-refractivity contribution in [1.82, 2.24) is 26.2 Å². The Bertz CT molecular complexity index is 1440. The van der Waals surface area contributed by atoms with Crippen LogP contribution in [0.15, 0.2) is 30.2 Å². The van der Waals surface area contributed by atoms with Crippen LogP contribution in [0, 0.1) is 34.5 Å². The number of likely N-dealkylation sites (tertiary alicyclic amines) is 1. The van der Waals surface area contributed by atoms with Crippen LogP contribution in [-0.4, -0.2) is 77.5 Å². The highest BCUT2D eigenvalue weighted by Gasteiger charge is 2.70. The van der Waals surface area contributed by atoms with E-state index in [9.17, 15) is 28.8 Å². The minimum Gasteiger partial charge on any atom is -0.346 e. The van der Waals surface area contributed by atoms with Gasteiger partial charge < -0.3 is 26.2 Å². The van der Waals surface area contributed by atoms with Gasteiger partial charge in [0.1, 0.15) is 18.1 Å². The molecule has 5 rings (SSSR count). The molecule has 1 aromatic heterocycles. The maximum Gasteiger partial charge on any atom is 0.289 e. The van der Waals surface area contributed by atoms with Crippen molar-refractivity contribution >= 4 is 46.7 Å². The van der Waals surface area contributed by atoms with Crippen LogP contribution in [0.4, 0.5) is 0 Å². The Hall–Kier alpha value is -3.54. The van der Waals surface area contributed by atoms with Gasteiger partial charge in [-0.1, -0.05) is 78.9 Å². The number of thiophene rings is 1. The van der Waals surface area contributed by atoms with Gasteiger partial charge in [-0.25, -0.2) is 0 Å². The van der Waals surface area contributed by atoms with E-state index in [1.807, 2.05) is 26.2 Å². The van der Waals surface area contributed by atoms with Crippen LogP contribution in [-0.2, 0) is 24.0 Å². The van der Waals surface area contributed by atoms with E-state index < -0.39 is 53.1 Å². The molecule has 4 aliphatic rings. The molecule has 3 saturated carbocycles. The van der Waals surface area contributed by atoms with Gasteiger partial charge >= 0.3 is 0 Å². The quantitative estimate of drug-likeness (QED) is 0.172. The molecule has 49 heavy (non-hydrogen) atoms. The third-order valence-electron chi connectivity index (χ3n) is 11.1. The van der Waals surface area contributed by atoms with Gasteiger partial charge in [0, 0.05) is 13.1 Å². The fraction of sp³-hybridized carbons (Fsp3) is 0.676.